The minimum absolute atomic E-state index is 0.180. The first kappa shape index (κ1) is 15.6. The van der Waals surface area contributed by atoms with Gasteiger partial charge in [-0.3, -0.25) is 14.2 Å². The van der Waals surface area contributed by atoms with E-state index in [0.29, 0.717) is 10.9 Å². The Labute approximate surface area is 125 Å². The zero-order valence-corrected chi connectivity index (χ0v) is 11.9. The van der Waals surface area contributed by atoms with Crippen LogP contribution in [0, 0.1) is 0 Å². The molecule has 1 atom stereocenters. The van der Waals surface area contributed by atoms with Crippen molar-refractivity contribution in [2.75, 3.05) is 13.7 Å². The molecule has 0 bridgehead atoms. The lowest BCUT2D eigenvalue weighted by Crippen LogP contribution is -2.40. The van der Waals surface area contributed by atoms with Gasteiger partial charge in [-0.25, -0.2) is 9.78 Å². The van der Waals surface area contributed by atoms with Gasteiger partial charge in [-0.2, -0.15) is 0 Å². The summed E-state index contributed by atoms with van der Waals surface area (Å²) in [5.74, 6) is -1.67. The van der Waals surface area contributed by atoms with Crippen molar-refractivity contribution in [3.05, 3.63) is 40.9 Å². The van der Waals surface area contributed by atoms with E-state index in [-0.39, 0.29) is 18.6 Å². The number of hydrogen-bond acceptors (Lipinski definition) is 5. The van der Waals surface area contributed by atoms with Crippen LogP contribution in [-0.2, 0) is 20.9 Å². The SMILES string of the molecule is COC(CNC(=O)Cn1cnc2ccccc2c1=O)C(=O)O. The van der Waals surface area contributed by atoms with Crippen molar-refractivity contribution in [3.8, 4) is 0 Å². The molecule has 2 rings (SSSR count). The molecule has 2 aromatic rings. The molecular formula is C14H15N3O5. The number of carbonyl (C=O) groups excluding carboxylic acids is 1. The summed E-state index contributed by atoms with van der Waals surface area (Å²) >= 11 is 0. The molecular weight excluding hydrogens is 290 g/mol. The number of para-hydroxylation sites is 1. The van der Waals surface area contributed by atoms with Gasteiger partial charge >= 0.3 is 5.97 Å². The minimum atomic E-state index is -1.17. The van der Waals surface area contributed by atoms with Gasteiger partial charge in [-0.15, -0.1) is 0 Å². The largest absolute Gasteiger partial charge is 0.479 e. The number of aromatic nitrogens is 2. The maximum atomic E-state index is 12.2. The minimum Gasteiger partial charge on any atom is -0.479 e. The van der Waals surface area contributed by atoms with Crippen molar-refractivity contribution in [3.63, 3.8) is 0 Å². The number of ether oxygens (including phenoxy) is 1. The Kier molecular flexibility index (Phi) is 4.84. The van der Waals surface area contributed by atoms with E-state index in [0.717, 1.165) is 0 Å². The molecule has 1 aromatic carbocycles. The zero-order valence-electron chi connectivity index (χ0n) is 11.9. The van der Waals surface area contributed by atoms with E-state index in [1.54, 1.807) is 24.3 Å². The van der Waals surface area contributed by atoms with Crippen molar-refractivity contribution in [2.24, 2.45) is 0 Å². The highest BCUT2D eigenvalue weighted by Crippen LogP contribution is 2.04. The molecule has 1 amide bonds. The molecule has 0 saturated carbocycles. The first-order chi connectivity index (χ1) is 10.5. The summed E-state index contributed by atoms with van der Waals surface area (Å²) in [4.78, 5) is 38.8. The highest BCUT2D eigenvalue weighted by atomic mass is 16.5. The summed E-state index contributed by atoms with van der Waals surface area (Å²) in [5.41, 5.74) is 0.219. The number of hydrogen-bond donors (Lipinski definition) is 2. The molecule has 0 aliphatic carbocycles. The van der Waals surface area contributed by atoms with Gasteiger partial charge in [0.2, 0.25) is 5.91 Å². The average molecular weight is 305 g/mol. The molecule has 22 heavy (non-hydrogen) atoms. The van der Waals surface area contributed by atoms with Crippen LogP contribution in [0.5, 0.6) is 0 Å². The Morgan fingerprint density at radius 2 is 2.14 bits per heavy atom. The van der Waals surface area contributed by atoms with Gasteiger partial charge in [-0.05, 0) is 12.1 Å². The van der Waals surface area contributed by atoms with Crippen LogP contribution in [0.25, 0.3) is 10.9 Å². The summed E-state index contributed by atoms with van der Waals surface area (Å²) in [7, 11) is 1.24. The summed E-state index contributed by atoms with van der Waals surface area (Å²) in [6.07, 6.45) is 0.158. The fourth-order valence-electron chi connectivity index (χ4n) is 1.91. The fourth-order valence-corrected chi connectivity index (χ4v) is 1.91. The number of amides is 1. The molecule has 1 heterocycles. The van der Waals surface area contributed by atoms with Crippen LogP contribution in [0.15, 0.2) is 35.4 Å². The van der Waals surface area contributed by atoms with E-state index in [1.165, 1.54) is 18.0 Å². The number of carboxylic acid groups (broad SMARTS) is 1. The van der Waals surface area contributed by atoms with Gasteiger partial charge in [0.25, 0.3) is 5.56 Å². The Hall–Kier alpha value is -2.74. The van der Waals surface area contributed by atoms with Gasteiger partial charge in [0.1, 0.15) is 6.54 Å². The monoisotopic (exact) mass is 305 g/mol. The third kappa shape index (κ3) is 3.47. The first-order valence-electron chi connectivity index (χ1n) is 6.49. The second-order valence-electron chi connectivity index (χ2n) is 4.56. The van der Waals surface area contributed by atoms with Crippen molar-refractivity contribution in [1.82, 2.24) is 14.9 Å². The first-order valence-corrected chi connectivity index (χ1v) is 6.49. The average Bonchev–Trinajstić information content (AvgIpc) is 2.50. The Morgan fingerprint density at radius 3 is 2.82 bits per heavy atom. The normalized spacial score (nSPS) is 12.0. The van der Waals surface area contributed by atoms with Gasteiger partial charge in [0, 0.05) is 7.11 Å². The molecule has 0 saturated heterocycles. The van der Waals surface area contributed by atoms with Crippen LogP contribution < -0.4 is 10.9 Å². The zero-order chi connectivity index (χ0) is 16.1. The van der Waals surface area contributed by atoms with Crippen LogP contribution in [0.3, 0.4) is 0 Å². The number of rotatable bonds is 6. The third-order valence-corrected chi connectivity index (χ3v) is 3.09. The third-order valence-electron chi connectivity index (χ3n) is 3.09. The lowest BCUT2D eigenvalue weighted by Gasteiger charge is -2.12. The van der Waals surface area contributed by atoms with E-state index < -0.39 is 18.0 Å². The lowest BCUT2D eigenvalue weighted by atomic mass is 10.2. The number of fused-ring (bicyclic) bond motifs is 1. The smallest absolute Gasteiger partial charge is 0.334 e. The van der Waals surface area contributed by atoms with Crippen LogP contribution in [0.4, 0.5) is 0 Å². The van der Waals surface area contributed by atoms with Crippen molar-refractivity contribution >= 4 is 22.8 Å². The van der Waals surface area contributed by atoms with E-state index in [1.807, 2.05) is 0 Å². The highest BCUT2D eigenvalue weighted by Gasteiger charge is 2.17. The molecule has 0 spiro atoms. The summed E-state index contributed by atoms with van der Waals surface area (Å²) in [5, 5.41) is 11.6. The summed E-state index contributed by atoms with van der Waals surface area (Å²) < 4.78 is 5.87. The highest BCUT2D eigenvalue weighted by molar-refractivity contribution is 5.79. The Morgan fingerprint density at radius 1 is 1.41 bits per heavy atom. The quantitative estimate of drug-likeness (QED) is 0.752. The molecule has 2 N–H and O–H groups in total. The van der Waals surface area contributed by atoms with E-state index in [4.69, 9.17) is 9.84 Å². The lowest BCUT2D eigenvalue weighted by molar-refractivity contribution is -0.148. The van der Waals surface area contributed by atoms with Gasteiger partial charge in [-0.1, -0.05) is 12.1 Å². The number of benzene rings is 1. The van der Waals surface area contributed by atoms with Gasteiger partial charge in [0.15, 0.2) is 6.10 Å². The standard InChI is InChI=1S/C14H15N3O5/c1-22-11(14(20)21)6-15-12(18)7-17-8-16-10-5-3-2-4-9(10)13(17)19/h2-5,8,11H,6-7H2,1H3,(H,15,18)(H,20,21). The maximum Gasteiger partial charge on any atom is 0.334 e. The number of nitrogens with zero attached hydrogens (tertiary/aromatic N) is 2. The number of nitrogens with one attached hydrogen (secondary N) is 1. The molecule has 1 unspecified atom stereocenters. The molecule has 8 nitrogen and oxygen atoms in total. The molecule has 0 radical (unpaired) electrons. The van der Waals surface area contributed by atoms with E-state index in [2.05, 4.69) is 10.3 Å². The predicted octanol–water partition coefficient (Wildman–Crippen LogP) is -0.388. The van der Waals surface area contributed by atoms with E-state index >= 15 is 0 Å². The van der Waals surface area contributed by atoms with Crippen molar-refractivity contribution in [2.45, 2.75) is 12.6 Å². The number of carboxylic acids is 1. The number of aliphatic carboxylic acids is 1. The molecule has 0 fully saturated rings. The molecule has 0 aliphatic rings. The second-order valence-corrected chi connectivity index (χ2v) is 4.56. The fraction of sp³-hybridized carbons (Fsp3) is 0.286. The predicted molar refractivity (Wildman–Crippen MR) is 77.4 cm³/mol. The molecule has 1 aromatic heterocycles. The summed E-state index contributed by atoms with van der Waals surface area (Å²) in [6.45, 7) is -0.423. The Bertz CT molecular complexity index is 755. The maximum absolute atomic E-state index is 12.2. The van der Waals surface area contributed by atoms with Crippen LogP contribution in [0.1, 0.15) is 0 Å². The second kappa shape index (κ2) is 6.81. The molecule has 0 aliphatic heterocycles. The van der Waals surface area contributed by atoms with Crippen molar-refractivity contribution < 1.29 is 19.4 Å². The van der Waals surface area contributed by atoms with Crippen molar-refractivity contribution in [1.29, 1.82) is 0 Å². The summed E-state index contributed by atoms with van der Waals surface area (Å²) in [6, 6.07) is 6.82. The number of methoxy groups -OCH3 is 1. The Balaban J connectivity index is 2.07. The van der Waals surface area contributed by atoms with Crippen LogP contribution >= 0.6 is 0 Å². The topological polar surface area (TPSA) is 111 Å². The van der Waals surface area contributed by atoms with Gasteiger partial charge in [0.05, 0.1) is 23.8 Å². The van der Waals surface area contributed by atoms with Gasteiger partial charge < -0.3 is 15.2 Å². The molecule has 116 valence electrons. The number of carbonyl (C=O) groups is 2. The van der Waals surface area contributed by atoms with Crippen LogP contribution in [0.2, 0.25) is 0 Å². The molecule has 8 heteroatoms. The van der Waals surface area contributed by atoms with E-state index in [9.17, 15) is 14.4 Å². The van der Waals surface area contributed by atoms with Crippen LogP contribution in [-0.4, -0.2) is 46.3 Å².